The smallest absolute Gasteiger partial charge is 0.266 e. The Morgan fingerprint density at radius 3 is 2.65 bits per heavy atom. The average Bonchev–Trinajstić information content (AvgIpc) is 2.19. The Balaban J connectivity index is 2.19. The van der Waals surface area contributed by atoms with Crippen molar-refractivity contribution in [2.75, 3.05) is 0 Å². The van der Waals surface area contributed by atoms with Crippen LogP contribution in [0.15, 0.2) is 22.0 Å². The van der Waals surface area contributed by atoms with E-state index in [0.717, 1.165) is 12.3 Å². The molecule has 1 heterocycles. The number of H-pyrrole nitrogens is 1. The first-order chi connectivity index (χ1) is 7.88. The molecule has 0 saturated heterocycles. The molecule has 6 nitrogen and oxygen atoms in total. The van der Waals surface area contributed by atoms with Crippen molar-refractivity contribution in [1.82, 2.24) is 9.71 Å². The van der Waals surface area contributed by atoms with Crippen LogP contribution < -0.4 is 10.3 Å². The van der Waals surface area contributed by atoms with Gasteiger partial charge in [0.15, 0.2) is 0 Å². The van der Waals surface area contributed by atoms with Crippen LogP contribution >= 0.6 is 11.6 Å². The molecule has 0 bridgehead atoms. The van der Waals surface area contributed by atoms with Crippen LogP contribution in [-0.2, 0) is 10.0 Å². The molecule has 1 aromatic heterocycles. The molecule has 0 aromatic carbocycles. The second-order valence-corrected chi connectivity index (χ2v) is 6.08. The third-order valence-corrected chi connectivity index (χ3v) is 4.36. The molecule has 1 aliphatic carbocycles. The Kier molecular flexibility index (Phi) is 3.26. The van der Waals surface area contributed by atoms with E-state index >= 15 is 0 Å². The maximum absolute atomic E-state index is 11.8. The van der Waals surface area contributed by atoms with Crippen molar-refractivity contribution in [1.29, 1.82) is 0 Å². The fourth-order valence-corrected chi connectivity index (χ4v) is 3.06. The van der Waals surface area contributed by atoms with E-state index in [2.05, 4.69) is 9.71 Å². The standard InChI is InChI=1S/C9H11ClN2O4S/c10-8-3-7(4-11-9(8)14)17(15,16)12-5-1-6(13)2-5/h3-6,12-13H,1-2H2,(H,11,14). The molecule has 3 N–H and O–H groups in total. The van der Waals surface area contributed by atoms with E-state index in [0.29, 0.717) is 12.8 Å². The summed E-state index contributed by atoms with van der Waals surface area (Å²) < 4.78 is 26.1. The first kappa shape index (κ1) is 12.6. The largest absolute Gasteiger partial charge is 0.393 e. The minimum Gasteiger partial charge on any atom is -0.393 e. The Bertz CT molecular complexity index is 577. The number of hydrogen-bond acceptors (Lipinski definition) is 4. The predicted molar refractivity (Wildman–Crippen MR) is 61.4 cm³/mol. The summed E-state index contributed by atoms with van der Waals surface area (Å²) in [6.45, 7) is 0. The van der Waals surface area contributed by atoms with Crippen molar-refractivity contribution in [3.05, 3.63) is 27.6 Å². The third kappa shape index (κ3) is 2.68. The van der Waals surface area contributed by atoms with Gasteiger partial charge in [-0.25, -0.2) is 13.1 Å². The fraction of sp³-hybridized carbons (Fsp3) is 0.444. The van der Waals surface area contributed by atoms with Gasteiger partial charge in [-0.15, -0.1) is 0 Å². The number of aromatic amines is 1. The lowest BCUT2D eigenvalue weighted by Crippen LogP contribution is -2.46. The van der Waals surface area contributed by atoms with Gasteiger partial charge in [-0.2, -0.15) is 0 Å². The Labute approximate surface area is 103 Å². The quantitative estimate of drug-likeness (QED) is 0.715. The molecule has 0 unspecified atom stereocenters. The summed E-state index contributed by atoms with van der Waals surface area (Å²) in [5, 5.41) is 8.88. The van der Waals surface area contributed by atoms with Crippen LogP contribution in [-0.4, -0.2) is 30.7 Å². The number of aliphatic hydroxyl groups excluding tert-OH is 1. The molecule has 0 aliphatic heterocycles. The minimum absolute atomic E-state index is 0.0940. The molecule has 2 rings (SSSR count). The molecule has 17 heavy (non-hydrogen) atoms. The van der Waals surface area contributed by atoms with E-state index in [1.165, 1.54) is 0 Å². The number of halogens is 1. The van der Waals surface area contributed by atoms with Gasteiger partial charge in [-0.1, -0.05) is 11.6 Å². The lowest BCUT2D eigenvalue weighted by atomic mass is 9.91. The molecule has 0 radical (unpaired) electrons. The topological polar surface area (TPSA) is 99.3 Å². The van der Waals surface area contributed by atoms with Crippen LogP contribution in [0, 0.1) is 0 Å². The normalized spacial score (nSPS) is 24.4. The van der Waals surface area contributed by atoms with Gasteiger partial charge in [-0.3, -0.25) is 4.79 Å². The van der Waals surface area contributed by atoms with Crippen LogP contribution in [0.2, 0.25) is 5.02 Å². The van der Waals surface area contributed by atoms with Gasteiger partial charge in [0.05, 0.1) is 11.0 Å². The van der Waals surface area contributed by atoms with E-state index in [9.17, 15) is 13.2 Å². The highest BCUT2D eigenvalue weighted by Gasteiger charge is 2.31. The van der Waals surface area contributed by atoms with E-state index in [1.54, 1.807) is 0 Å². The molecule has 1 fully saturated rings. The second kappa shape index (κ2) is 4.41. The van der Waals surface area contributed by atoms with Crippen LogP contribution in [0.3, 0.4) is 0 Å². The first-order valence-corrected chi connectivity index (χ1v) is 6.83. The molecule has 94 valence electrons. The van der Waals surface area contributed by atoms with E-state index in [4.69, 9.17) is 16.7 Å². The van der Waals surface area contributed by atoms with Gasteiger partial charge in [0, 0.05) is 12.2 Å². The summed E-state index contributed by atoms with van der Waals surface area (Å²) in [5.74, 6) is 0. The van der Waals surface area contributed by atoms with Gasteiger partial charge in [-0.05, 0) is 18.9 Å². The van der Waals surface area contributed by atoms with Crippen LogP contribution in [0.1, 0.15) is 12.8 Å². The van der Waals surface area contributed by atoms with E-state index in [-0.39, 0.29) is 16.0 Å². The Hall–Kier alpha value is -0.890. The zero-order valence-electron chi connectivity index (χ0n) is 8.68. The highest BCUT2D eigenvalue weighted by Crippen LogP contribution is 2.22. The van der Waals surface area contributed by atoms with Gasteiger partial charge in [0.1, 0.15) is 5.02 Å². The van der Waals surface area contributed by atoms with Gasteiger partial charge in [0.2, 0.25) is 10.0 Å². The molecule has 0 atom stereocenters. The van der Waals surface area contributed by atoms with Gasteiger partial charge in [0.25, 0.3) is 5.56 Å². The molecule has 0 spiro atoms. The first-order valence-electron chi connectivity index (χ1n) is 4.97. The van der Waals surface area contributed by atoms with Crippen molar-refractivity contribution in [2.45, 2.75) is 29.9 Å². The molecule has 1 aliphatic rings. The van der Waals surface area contributed by atoms with Crippen molar-refractivity contribution in [2.24, 2.45) is 0 Å². The third-order valence-electron chi connectivity index (χ3n) is 2.58. The number of aromatic nitrogens is 1. The molecule has 0 amide bonds. The Morgan fingerprint density at radius 1 is 1.47 bits per heavy atom. The summed E-state index contributed by atoms with van der Waals surface area (Å²) >= 11 is 5.55. The summed E-state index contributed by atoms with van der Waals surface area (Å²) in [7, 11) is -3.70. The number of aliphatic hydroxyl groups is 1. The summed E-state index contributed by atoms with van der Waals surface area (Å²) in [4.78, 5) is 13.1. The van der Waals surface area contributed by atoms with Crippen molar-refractivity contribution >= 4 is 21.6 Å². The monoisotopic (exact) mass is 278 g/mol. The molecular weight excluding hydrogens is 268 g/mol. The Morgan fingerprint density at radius 2 is 2.12 bits per heavy atom. The van der Waals surface area contributed by atoms with Crippen molar-refractivity contribution in [3.8, 4) is 0 Å². The lowest BCUT2D eigenvalue weighted by Gasteiger charge is -2.31. The molecule has 1 saturated carbocycles. The maximum Gasteiger partial charge on any atom is 0.266 e. The number of nitrogens with one attached hydrogen (secondary N) is 2. The number of hydrogen-bond donors (Lipinski definition) is 3. The van der Waals surface area contributed by atoms with E-state index < -0.39 is 21.7 Å². The lowest BCUT2D eigenvalue weighted by molar-refractivity contribution is 0.0712. The van der Waals surface area contributed by atoms with Crippen LogP contribution in [0.4, 0.5) is 0 Å². The van der Waals surface area contributed by atoms with Gasteiger partial charge >= 0.3 is 0 Å². The predicted octanol–water partition coefficient (Wildman–Crippen LogP) is -0.170. The molecular formula is C9H11ClN2O4S. The maximum atomic E-state index is 11.8. The highest BCUT2D eigenvalue weighted by molar-refractivity contribution is 7.89. The fourth-order valence-electron chi connectivity index (χ4n) is 1.56. The highest BCUT2D eigenvalue weighted by atomic mass is 35.5. The molecule has 8 heteroatoms. The summed E-state index contributed by atoms with van der Waals surface area (Å²) in [5.41, 5.74) is -0.537. The molecule has 1 aromatic rings. The van der Waals surface area contributed by atoms with Gasteiger partial charge < -0.3 is 10.1 Å². The zero-order chi connectivity index (χ0) is 12.6. The second-order valence-electron chi connectivity index (χ2n) is 3.96. The summed E-state index contributed by atoms with van der Waals surface area (Å²) in [6, 6.07) is 0.832. The zero-order valence-corrected chi connectivity index (χ0v) is 10.3. The van der Waals surface area contributed by atoms with Crippen LogP contribution in [0.25, 0.3) is 0 Å². The van der Waals surface area contributed by atoms with Crippen molar-refractivity contribution in [3.63, 3.8) is 0 Å². The number of pyridine rings is 1. The minimum atomic E-state index is -3.70. The SMILES string of the molecule is O=c1[nH]cc(S(=O)(=O)NC2CC(O)C2)cc1Cl. The van der Waals surface area contributed by atoms with Crippen molar-refractivity contribution < 1.29 is 13.5 Å². The van der Waals surface area contributed by atoms with Crippen LogP contribution in [0.5, 0.6) is 0 Å². The number of sulfonamides is 1. The van der Waals surface area contributed by atoms with E-state index in [1.807, 2.05) is 0 Å². The number of rotatable bonds is 3. The summed E-state index contributed by atoms with van der Waals surface area (Å²) in [6.07, 6.45) is 1.44. The average molecular weight is 279 g/mol.